The molecule has 1 aliphatic rings. The zero-order chi connectivity index (χ0) is 24.4. The van der Waals surface area contributed by atoms with Crippen molar-refractivity contribution >= 4 is 21.3 Å². The Bertz CT molecular complexity index is 780. The van der Waals surface area contributed by atoms with Crippen molar-refractivity contribution in [1.29, 1.82) is 0 Å². The second-order valence-electron chi connectivity index (χ2n) is 6.51. The van der Waals surface area contributed by atoms with Crippen molar-refractivity contribution in [2.45, 2.75) is 39.8 Å². The molecular formula is C22H39FN7OP. The first kappa shape index (κ1) is 29.7. The molecule has 3 atom stereocenters. The molecular weight excluding hydrogens is 428 g/mol. The Balaban J connectivity index is 0.00000177. The molecule has 3 unspecified atom stereocenters. The Kier molecular flexibility index (Phi) is 16.0. The van der Waals surface area contributed by atoms with Gasteiger partial charge in [-0.25, -0.2) is 9.07 Å². The lowest BCUT2D eigenvalue weighted by Crippen LogP contribution is -2.33. The van der Waals surface area contributed by atoms with Gasteiger partial charge in [0, 0.05) is 12.5 Å². The van der Waals surface area contributed by atoms with Crippen molar-refractivity contribution in [2.24, 2.45) is 17.5 Å². The molecule has 0 radical (unpaired) electrons. The Morgan fingerprint density at radius 3 is 2.66 bits per heavy atom. The van der Waals surface area contributed by atoms with Gasteiger partial charge in [0.05, 0.1) is 12.8 Å². The van der Waals surface area contributed by atoms with E-state index in [0.29, 0.717) is 25.5 Å². The third-order valence-corrected chi connectivity index (χ3v) is 4.44. The van der Waals surface area contributed by atoms with Crippen molar-refractivity contribution in [3.8, 4) is 0 Å². The number of alkyl halides is 1. The van der Waals surface area contributed by atoms with Gasteiger partial charge in [-0.3, -0.25) is 17.0 Å². The minimum Gasteiger partial charge on any atom is -0.497 e. The molecule has 0 bridgehead atoms. The largest absolute Gasteiger partial charge is 0.497 e. The fraction of sp³-hybridized carbons (Fsp3) is 0.455. The molecule has 180 valence electrons. The number of nitrogens with one attached hydrogen (secondary N) is 2. The molecule has 0 saturated carbocycles. The molecule has 1 aromatic rings. The van der Waals surface area contributed by atoms with E-state index in [2.05, 4.69) is 26.7 Å². The number of hydrogen-bond donors (Lipinski definition) is 4. The Hall–Kier alpha value is -2.32. The lowest BCUT2D eigenvalue weighted by atomic mass is 10.1. The molecule has 0 fully saturated rings. The van der Waals surface area contributed by atoms with Crippen LogP contribution in [0.5, 0.6) is 0 Å². The number of halogens is 1. The van der Waals surface area contributed by atoms with Crippen molar-refractivity contribution in [2.75, 3.05) is 25.5 Å². The molecule has 0 amide bonds. The third kappa shape index (κ3) is 12.5. The summed E-state index contributed by atoms with van der Waals surface area (Å²) in [6, 6.07) is 0. The van der Waals surface area contributed by atoms with Crippen LogP contribution < -0.4 is 22.3 Å². The van der Waals surface area contributed by atoms with Gasteiger partial charge in [-0.05, 0) is 31.7 Å². The highest BCUT2D eigenvalue weighted by Gasteiger charge is 2.23. The van der Waals surface area contributed by atoms with Crippen LogP contribution in [0.2, 0.25) is 0 Å². The van der Waals surface area contributed by atoms with Gasteiger partial charge >= 0.3 is 0 Å². The van der Waals surface area contributed by atoms with Gasteiger partial charge in [0.15, 0.2) is 11.4 Å². The van der Waals surface area contributed by atoms with E-state index < -0.39 is 11.5 Å². The topological polar surface area (TPSA) is 116 Å². The van der Waals surface area contributed by atoms with Gasteiger partial charge in [0.25, 0.3) is 0 Å². The molecule has 0 spiro atoms. The summed E-state index contributed by atoms with van der Waals surface area (Å²) in [5.41, 5.74) is 6.85. The van der Waals surface area contributed by atoms with Crippen LogP contribution in [0, 0.1) is 5.92 Å². The van der Waals surface area contributed by atoms with Crippen LogP contribution in [0.4, 0.5) is 10.3 Å². The lowest BCUT2D eigenvalue weighted by molar-refractivity contribution is 0.229. The molecule has 0 saturated heterocycles. The van der Waals surface area contributed by atoms with E-state index in [0.717, 1.165) is 11.5 Å². The normalized spacial score (nSPS) is 16.3. The summed E-state index contributed by atoms with van der Waals surface area (Å²) in [6.07, 6.45) is 16.7. The molecule has 32 heavy (non-hydrogen) atoms. The van der Waals surface area contributed by atoms with Crippen LogP contribution in [0.3, 0.4) is 0 Å². The van der Waals surface area contributed by atoms with Crippen LogP contribution in [0.1, 0.15) is 33.5 Å². The predicted octanol–water partition coefficient (Wildman–Crippen LogP) is 3.50. The first-order chi connectivity index (χ1) is 15.3. The van der Waals surface area contributed by atoms with Crippen LogP contribution >= 0.6 is 9.24 Å². The van der Waals surface area contributed by atoms with Gasteiger partial charge in [-0.2, -0.15) is 4.98 Å². The third-order valence-electron chi connectivity index (χ3n) is 3.92. The van der Waals surface area contributed by atoms with Gasteiger partial charge in [0.2, 0.25) is 5.95 Å². The smallest absolute Gasteiger partial charge is 0.222 e. The molecule has 6 N–H and O–H groups in total. The summed E-state index contributed by atoms with van der Waals surface area (Å²) in [7, 11) is 3.64. The zero-order valence-electron chi connectivity index (χ0n) is 19.8. The molecule has 2 rings (SSSR count). The van der Waals surface area contributed by atoms with Crippen LogP contribution in [-0.2, 0) is 11.3 Å². The molecule has 1 aromatic heterocycles. The summed E-state index contributed by atoms with van der Waals surface area (Å²) >= 11 is 0. The van der Waals surface area contributed by atoms with Gasteiger partial charge in [-0.15, -0.1) is 5.10 Å². The zero-order valence-corrected chi connectivity index (χ0v) is 20.9. The van der Waals surface area contributed by atoms with E-state index in [9.17, 15) is 4.39 Å². The van der Waals surface area contributed by atoms with Crippen molar-refractivity contribution < 1.29 is 9.13 Å². The molecule has 2 heterocycles. The number of nitrogens with two attached hydrogens (primary N) is 2. The average molecular weight is 468 g/mol. The van der Waals surface area contributed by atoms with Crippen LogP contribution in [0.25, 0.3) is 6.08 Å². The Morgan fingerprint density at radius 2 is 2.03 bits per heavy atom. The quantitative estimate of drug-likeness (QED) is 0.0879. The van der Waals surface area contributed by atoms with E-state index in [4.69, 9.17) is 10.5 Å². The number of rotatable bonds is 8. The number of allylic oxidation sites excluding steroid dienone is 6. The highest BCUT2D eigenvalue weighted by atomic mass is 31.0. The predicted molar refractivity (Wildman–Crippen MR) is 136 cm³/mol. The highest BCUT2D eigenvalue weighted by molar-refractivity contribution is 7.18. The fourth-order valence-electron chi connectivity index (χ4n) is 2.14. The molecule has 1 aliphatic heterocycles. The highest BCUT2D eigenvalue weighted by Crippen LogP contribution is 2.24. The van der Waals surface area contributed by atoms with Gasteiger partial charge in [-0.1, -0.05) is 66.5 Å². The SMILES string of the molecule is CC.CNN.C\C=C/C=C\C=C\c1nc2n(n1)CC=C(CO/C=C/C(C)C(N)(F)P)CN2. The number of fused-ring (bicyclic) bond motifs is 1. The number of ether oxygens (including phenoxy) is 1. The number of hydrogen-bond acceptors (Lipinski definition) is 7. The maximum Gasteiger partial charge on any atom is 0.222 e. The Morgan fingerprint density at radius 1 is 1.38 bits per heavy atom. The van der Waals surface area contributed by atoms with Gasteiger partial charge < -0.3 is 10.1 Å². The molecule has 0 aliphatic carbocycles. The Labute approximate surface area is 193 Å². The summed E-state index contributed by atoms with van der Waals surface area (Å²) in [5, 5.41) is 7.71. The fourth-order valence-corrected chi connectivity index (χ4v) is 2.25. The summed E-state index contributed by atoms with van der Waals surface area (Å²) in [6.45, 7) is 9.28. The van der Waals surface area contributed by atoms with Crippen molar-refractivity contribution in [1.82, 2.24) is 20.2 Å². The lowest BCUT2D eigenvalue weighted by Gasteiger charge is -2.19. The number of nitrogens with zero attached hydrogens (tertiary/aromatic N) is 3. The number of anilines is 1. The van der Waals surface area contributed by atoms with Crippen molar-refractivity contribution in [3.05, 3.63) is 60.2 Å². The standard InChI is InChI=1S/C19H27FN5OP.C2H6.CH6N2/c1-3-4-5-6-7-8-17-23-18-22-13-16(9-11-25(18)24-17)14-26-12-10-15(2)19(20,21)27;1-2;1-3-2/h3-10,12,15H,11,13-14,21,27H2,1-2H3,(H,22,23,24);1-2H3;3H,2H2,1H3/b4-3-,6-5-,8-7+,12-10+;;. The minimum atomic E-state index is -1.83. The van der Waals surface area contributed by atoms with E-state index >= 15 is 0 Å². The summed E-state index contributed by atoms with van der Waals surface area (Å²) in [4.78, 5) is 4.47. The second-order valence-corrected chi connectivity index (χ2v) is 7.39. The van der Waals surface area contributed by atoms with Crippen molar-refractivity contribution in [3.63, 3.8) is 0 Å². The minimum absolute atomic E-state index is 0.407. The molecule has 0 aromatic carbocycles. The van der Waals surface area contributed by atoms with Crippen LogP contribution in [0.15, 0.2) is 54.4 Å². The maximum atomic E-state index is 13.5. The second kappa shape index (κ2) is 17.3. The first-order valence-corrected chi connectivity index (χ1v) is 11.1. The van der Waals surface area contributed by atoms with E-state index in [1.54, 1.807) is 24.7 Å². The summed E-state index contributed by atoms with van der Waals surface area (Å²) in [5.74, 6) is 5.51. The average Bonchev–Trinajstić information content (AvgIpc) is 3.05. The maximum absolute atomic E-state index is 13.5. The number of aromatic nitrogens is 3. The summed E-state index contributed by atoms with van der Waals surface area (Å²) < 4.78 is 20.8. The van der Waals surface area contributed by atoms with E-state index in [-0.39, 0.29) is 0 Å². The monoisotopic (exact) mass is 467 g/mol. The van der Waals surface area contributed by atoms with Crippen LogP contribution in [-0.4, -0.2) is 40.5 Å². The molecule has 8 nitrogen and oxygen atoms in total. The van der Waals surface area contributed by atoms with E-state index in [1.165, 1.54) is 6.26 Å². The molecule has 10 heteroatoms. The van der Waals surface area contributed by atoms with Gasteiger partial charge in [0.1, 0.15) is 6.61 Å². The first-order valence-electron chi connectivity index (χ1n) is 10.6. The van der Waals surface area contributed by atoms with E-state index in [1.807, 2.05) is 72.5 Å². The number of hydrazine groups is 1.